The van der Waals surface area contributed by atoms with Gasteiger partial charge in [0.05, 0.1) is 18.5 Å². The maximum atomic E-state index is 14.5. The maximum absolute atomic E-state index is 14.5. The molecule has 8 heteroatoms. The van der Waals surface area contributed by atoms with Crippen LogP contribution >= 0.6 is 0 Å². The third-order valence-electron chi connectivity index (χ3n) is 3.41. The van der Waals surface area contributed by atoms with Crippen LogP contribution in [-0.2, 0) is 0 Å². The van der Waals surface area contributed by atoms with Crippen LogP contribution in [0.1, 0.15) is 0 Å². The van der Waals surface area contributed by atoms with E-state index in [0.29, 0.717) is 23.1 Å². The average molecular weight is 327 g/mol. The number of nitrogens with zero attached hydrogens (tertiary/aromatic N) is 4. The maximum Gasteiger partial charge on any atom is 0.216 e. The van der Waals surface area contributed by atoms with Crippen LogP contribution in [0.3, 0.4) is 0 Å². The van der Waals surface area contributed by atoms with E-state index in [2.05, 4.69) is 25.5 Å². The summed E-state index contributed by atoms with van der Waals surface area (Å²) in [6, 6.07) is 7.30. The summed E-state index contributed by atoms with van der Waals surface area (Å²) in [5, 5.41) is 21.0. The summed E-state index contributed by atoms with van der Waals surface area (Å²) in [4.78, 5) is 7.88. The SMILES string of the molecule is CNc1ccc(-c2cc(F)c(-c3cc(OC)ncn3)cc2O)nn1. The number of hydrogen-bond donors (Lipinski definition) is 2. The highest BCUT2D eigenvalue weighted by atomic mass is 19.1. The first-order valence-corrected chi connectivity index (χ1v) is 7.03. The second-order valence-corrected chi connectivity index (χ2v) is 4.85. The first-order chi connectivity index (χ1) is 11.6. The highest BCUT2D eigenvalue weighted by Crippen LogP contribution is 2.34. The van der Waals surface area contributed by atoms with Crippen molar-refractivity contribution in [3.8, 4) is 34.1 Å². The van der Waals surface area contributed by atoms with E-state index < -0.39 is 5.82 Å². The lowest BCUT2D eigenvalue weighted by atomic mass is 10.0. The van der Waals surface area contributed by atoms with Crippen LogP contribution in [0, 0.1) is 5.82 Å². The van der Waals surface area contributed by atoms with Gasteiger partial charge >= 0.3 is 0 Å². The van der Waals surface area contributed by atoms with Gasteiger partial charge in [0.15, 0.2) is 0 Å². The van der Waals surface area contributed by atoms with Gasteiger partial charge in [0.25, 0.3) is 0 Å². The first kappa shape index (κ1) is 15.6. The Balaban J connectivity index is 2.04. The smallest absolute Gasteiger partial charge is 0.216 e. The molecule has 3 rings (SSSR count). The second-order valence-electron chi connectivity index (χ2n) is 4.85. The number of phenolic OH excluding ortho intramolecular Hbond substituents is 1. The summed E-state index contributed by atoms with van der Waals surface area (Å²) < 4.78 is 19.5. The molecule has 2 heterocycles. The zero-order valence-electron chi connectivity index (χ0n) is 13.0. The molecule has 0 spiro atoms. The molecule has 0 bridgehead atoms. The van der Waals surface area contributed by atoms with Crippen molar-refractivity contribution in [1.82, 2.24) is 20.2 Å². The summed E-state index contributed by atoms with van der Waals surface area (Å²) in [5.41, 5.74) is 1.04. The number of ether oxygens (including phenoxy) is 1. The van der Waals surface area contributed by atoms with Gasteiger partial charge in [-0.1, -0.05) is 0 Å². The first-order valence-electron chi connectivity index (χ1n) is 7.03. The summed E-state index contributed by atoms with van der Waals surface area (Å²) in [5.74, 6) is 0.193. The standard InChI is InChI=1S/C16H14FN5O2/c1-18-15-4-3-12(21-22-15)10-5-11(17)9(6-14(10)23)13-7-16(24-2)20-8-19-13/h3-8,23H,1-2H3,(H,18,22). The van der Waals surface area contributed by atoms with Crippen molar-refractivity contribution < 1.29 is 14.2 Å². The van der Waals surface area contributed by atoms with E-state index in [1.54, 1.807) is 19.2 Å². The molecule has 0 radical (unpaired) electrons. The summed E-state index contributed by atoms with van der Waals surface area (Å²) in [6.45, 7) is 0. The molecule has 7 nitrogen and oxygen atoms in total. The van der Waals surface area contributed by atoms with E-state index in [-0.39, 0.29) is 16.9 Å². The third-order valence-corrected chi connectivity index (χ3v) is 3.41. The Kier molecular flexibility index (Phi) is 4.19. The van der Waals surface area contributed by atoms with Crippen LogP contribution in [-0.4, -0.2) is 39.4 Å². The van der Waals surface area contributed by atoms with Crippen molar-refractivity contribution in [2.24, 2.45) is 0 Å². The molecule has 0 aliphatic carbocycles. The number of halogens is 1. The Morgan fingerprint density at radius 2 is 1.88 bits per heavy atom. The fraction of sp³-hybridized carbons (Fsp3) is 0.125. The monoisotopic (exact) mass is 327 g/mol. The molecule has 2 aromatic heterocycles. The molecule has 0 unspecified atom stereocenters. The molecule has 0 aliphatic heterocycles. The third kappa shape index (κ3) is 2.94. The summed E-state index contributed by atoms with van der Waals surface area (Å²) in [6.07, 6.45) is 1.26. The van der Waals surface area contributed by atoms with E-state index in [0.717, 1.165) is 0 Å². The van der Waals surface area contributed by atoms with E-state index in [1.165, 1.54) is 31.6 Å². The average Bonchev–Trinajstić information content (AvgIpc) is 2.63. The van der Waals surface area contributed by atoms with Crippen molar-refractivity contribution in [3.05, 3.63) is 42.5 Å². The summed E-state index contributed by atoms with van der Waals surface area (Å²) in [7, 11) is 3.17. The van der Waals surface area contributed by atoms with E-state index in [1.807, 2.05) is 0 Å². The largest absolute Gasteiger partial charge is 0.507 e. The van der Waals surface area contributed by atoms with E-state index in [4.69, 9.17) is 4.74 Å². The minimum absolute atomic E-state index is 0.129. The van der Waals surface area contributed by atoms with Crippen molar-refractivity contribution in [3.63, 3.8) is 0 Å². The van der Waals surface area contributed by atoms with Gasteiger partial charge < -0.3 is 15.2 Å². The zero-order chi connectivity index (χ0) is 17.1. The molecule has 122 valence electrons. The Morgan fingerprint density at radius 3 is 2.54 bits per heavy atom. The van der Waals surface area contributed by atoms with Gasteiger partial charge in [0, 0.05) is 24.2 Å². The number of hydrogen-bond acceptors (Lipinski definition) is 7. The minimum Gasteiger partial charge on any atom is -0.507 e. The number of rotatable bonds is 4. The number of aromatic hydroxyl groups is 1. The number of nitrogens with one attached hydrogen (secondary N) is 1. The van der Waals surface area contributed by atoms with E-state index >= 15 is 0 Å². The van der Waals surface area contributed by atoms with Crippen LogP contribution in [0.25, 0.3) is 22.5 Å². The van der Waals surface area contributed by atoms with Crippen molar-refractivity contribution in [2.75, 3.05) is 19.5 Å². The van der Waals surface area contributed by atoms with Gasteiger partial charge in [-0.25, -0.2) is 14.4 Å². The Hall–Kier alpha value is -3.29. The highest BCUT2D eigenvalue weighted by molar-refractivity contribution is 5.73. The van der Waals surface area contributed by atoms with Crippen LogP contribution in [0.5, 0.6) is 11.6 Å². The molecule has 0 aliphatic rings. The van der Waals surface area contributed by atoms with Gasteiger partial charge in [-0.05, 0) is 24.3 Å². The van der Waals surface area contributed by atoms with Crippen LogP contribution in [0.4, 0.5) is 10.2 Å². The highest BCUT2D eigenvalue weighted by Gasteiger charge is 2.15. The number of anilines is 1. The molecule has 0 saturated carbocycles. The minimum atomic E-state index is -0.553. The predicted molar refractivity (Wildman–Crippen MR) is 86.2 cm³/mol. The lowest BCUT2D eigenvalue weighted by Gasteiger charge is -2.09. The molecule has 0 amide bonds. The normalized spacial score (nSPS) is 10.5. The molecule has 0 fully saturated rings. The molecule has 0 saturated heterocycles. The van der Waals surface area contributed by atoms with E-state index in [9.17, 15) is 9.50 Å². The van der Waals surface area contributed by atoms with Gasteiger partial charge in [0.1, 0.15) is 23.7 Å². The van der Waals surface area contributed by atoms with Crippen molar-refractivity contribution in [1.29, 1.82) is 0 Å². The zero-order valence-corrected chi connectivity index (χ0v) is 13.0. The van der Waals surface area contributed by atoms with Gasteiger partial charge in [-0.15, -0.1) is 10.2 Å². The van der Waals surface area contributed by atoms with Gasteiger partial charge in [0.2, 0.25) is 5.88 Å². The second kappa shape index (κ2) is 6.45. The lowest BCUT2D eigenvalue weighted by Crippen LogP contribution is -1.97. The quantitative estimate of drug-likeness (QED) is 0.760. The molecule has 0 atom stereocenters. The predicted octanol–water partition coefficient (Wildman–Crippen LogP) is 2.50. The number of phenols is 1. The Bertz CT molecular complexity index is 871. The van der Waals surface area contributed by atoms with Crippen LogP contribution < -0.4 is 10.1 Å². The van der Waals surface area contributed by atoms with Crippen LogP contribution in [0.2, 0.25) is 0 Å². The summed E-state index contributed by atoms with van der Waals surface area (Å²) >= 11 is 0. The molecular formula is C16H14FN5O2. The Morgan fingerprint density at radius 1 is 1.04 bits per heavy atom. The number of methoxy groups -OCH3 is 1. The van der Waals surface area contributed by atoms with Gasteiger partial charge in [-0.2, -0.15) is 0 Å². The number of benzene rings is 1. The molecule has 1 aromatic carbocycles. The number of aromatic nitrogens is 4. The fourth-order valence-electron chi connectivity index (χ4n) is 2.17. The van der Waals surface area contributed by atoms with Crippen molar-refractivity contribution >= 4 is 5.82 Å². The molecule has 3 aromatic rings. The molecule has 2 N–H and O–H groups in total. The topological polar surface area (TPSA) is 93.0 Å². The lowest BCUT2D eigenvalue weighted by molar-refractivity contribution is 0.397. The van der Waals surface area contributed by atoms with Gasteiger partial charge in [-0.3, -0.25) is 0 Å². The van der Waals surface area contributed by atoms with Crippen LogP contribution in [0.15, 0.2) is 36.7 Å². The Labute approximate surface area is 137 Å². The fourth-order valence-corrected chi connectivity index (χ4v) is 2.17. The molecular weight excluding hydrogens is 313 g/mol. The molecule has 24 heavy (non-hydrogen) atoms. The van der Waals surface area contributed by atoms with Crippen molar-refractivity contribution in [2.45, 2.75) is 0 Å².